The predicted molar refractivity (Wildman–Crippen MR) is 94.7 cm³/mol. The van der Waals surface area contributed by atoms with Gasteiger partial charge in [0.15, 0.2) is 11.5 Å². The van der Waals surface area contributed by atoms with Crippen molar-refractivity contribution in [3.05, 3.63) is 61.9 Å². The van der Waals surface area contributed by atoms with Gasteiger partial charge in [0.2, 0.25) is 0 Å². The monoisotopic (exact) mass is 457 g/mol. The molecule has 118 valence electrons. The lowest BCUT2D eigenvalue weighted by Gasteiger charge is -2.04. The molecule has 0 aliphatic heterocycles. The third kappa shape index (κ3) is 3.65. The highest BCUT2D eigenvalue weighted by Crippen LogP contribution is 2.24. The highest BCUT2D eigenvalue weighted by molar-refractivity contribution is 9.13. The molecule has 1 aromatic carbocycles. The van der Waals surface area contributed by atoms with Crippen molar-refractivity contribution in [1.29, 1.82) is 0 Å². The maximum absolute atomic E-state index is 12.2. The van der Waals surface area contributed by atoms with Gasteiger partial charge < -0.3 is 5.32 Å². The second-order valence-corrected chi connectivity index (χ2v) is 6.64. The van der Waals surface area contributed by atoms with Crippen molar-refractivity contribution in [1.82, 2.24) is 20.0 Å². The molecule has 1 amide bonds. The quantitative estimate of drug-likeness (QED) is 0.617. The summed E-state index contributed by atoms with van der Waals surface area (Å²) in [4.78, 5) is 12.2. The van der Waals surface area contributed by atoms with Crippen molar-refractivity contribution in [2.45, 2.75) is 6.54 Å². The van der Waals surface area contributed by atoms with Crippen molar-refractivity contribution in [3.8, 4) is 0 Å². The van der Waals surface area contributed by atoms with Crippen LogP contribution in [-0.4, -0.2) is 25.9 Å². The molecular formula is C14H10Br2ClN5O. The van der Waals surface area contributed by atoms with E-state index in [1.165, 1.54) is 0 Å². The Balaban J connectivity index is 1.71. The van der Waals surface area contributed by atoms with Crippen molar-refractivity contribution < 1.29 is 4.79 Å². The van der Waals surface area contributed by atoms with Crippen LogP contribution in [0, 0.1) is 0 Å². The van der Waals surface area contributed by atoms with Gasteiger partial charge in [-0.3, -0.25) is 14.6 Å². The first-order valence-corrected chi connectivity index (χ1v) is 8.48. The molecule has 3 rings (SSSR count). The summed E-state index contributed by atoms with van der Waals surface area (Å²) in [5.41, 5.74) is 1.20. The van der Waals surface area contributed by atoms with E-state index in [0.29, 0.717) is 26.5 Å². The van der Waals surface area contributed by atoms with Gasteiger partial charge in [-0.15, -0.1) is 0 Å². The van der Waals surface area contributed by atoms with Crippen LogP contribution in [0.1, 0.15) is 16.1 Å². The third-order valence-corrected chi connectivity index (χ3v) is 5.30. The lowest BCUT2D eigenvalue weighted by molar-refractivity contribution is 0.102. The van der Waals surface area contributed by atoms with Crippen LogP contribution in [0.3, 0.4) is 0 Å². The summed E-state index contributed by atoms with van der Waals surface area (Å²) in [5, 5.41) is 14.3. The van der Waals surface area contributed by atoms with Crippen LogP contribution in [0.2, 0.25) is 5.02 Å². The van der Waals surface area contributed by atoms with Gasteiger partial charge in [0, 0.05) is 17.3 Å². The van der Waals surface area contributed by atoms with E-state index in [9.17, 15) is 4.79 Å². The summed E-state index contributed by atoms with van der Waals surface area (Å²) >= 11 is 12.7. The number of halogens is 3. The predicted octanol–water partition coefficient (Wildman–Crippen LogP) is 4.09. The Morgan fingerprint density at radius 3 is 2.78 bits per heavy atom. The standard InChI is InChI=1S/C14H10Br2ClN5O/c15-11-12(19-20-13(11)16)14(23)18-10-5-6-22(21-10)7-8-3-1-2-4-9(8)17/h1-6H,7H2,(H,19,20)(H,18,21,23). The van der Waals surface area contributed by atoms with E-state index in [2.05, 4.69) is 52.5 Å². The van der Waals surface area contributed by atoms with Crippen LogP contribution in [0.25, 0.3) is 0 Å². The maximum atomic E-state index is 12.2. The van der Waals surface area contributed by atoms with E-state index in [1.807, 2.05) is 24.3 Å². The van der Waals surface area contributed by atoms with Gasteiger partial charge in [0.25, 0.3) is 5.91 Å². The summed E-state index contributed by atoms with van der Waals surface area (Å²) in [6.45, 7) is 0.521. The molecule has 2 heterocycles. The zero-order valence-corrected chi connectivity index (χ0v) is 15.5. The number of benzene rings is 1. The molecule has 0 radical (unpaired) electrons. The van der Waals surface area contributed by atoms with Crippen molar-refractivity contribution in [2.24, 2.45) is 0 Å². The minimum absolute atomic E-state index is 0.248. The highest BCUT2D eigenvalue weighted by Gasteiger charge is 2.17. The first-order valence-electron chi connectivity index (χ1n) is 6.52. The summed E-state index contributed by atoms with van der Waals surface area (Å²) in [6.07, 6.45) is 1.77. The summed E-state index contributed by atoms with van der Waals surface area (Å²) in [7, 11) is 0. The van der Waals surface area contributed by atoms with Gasteiger partial charge in [-0.25, -0.2) is 0 Å². The largest absolute Gasteiger partial charge is 0.304 e. The van der Waals surface area contributed by atoms with E-state index < -0.39 is 0 Å². The zero-order valence-electron chi connectivity index (χ0n) is 11.6. The Labute approximate surface area is 153 Å². The number of amides is 1. The molecule has 2 N–H and O–H groups in total. The first kappa shape index (κ1) is 16.2. The van der Waals surface area contributed by atoms with E-state index >= 15 is 0 Å². The minimum Gasteiger partial charge on any atom is -0.304 e. The van der Waals surface area contributed by atoms with Gasteiger partial charge in [-0.05, 0) is 43.5 Å². The molecule has 6 nitrogen and oxygen atoms in total. The fourth-order valence-corrected chi connectivity index (χ4v) is 2.78. The molecule has 0 bridgehead atoms. The van der Waals surface area contributed by atoms with Gasteiger partial charge in [-0.2, -0.15) is 10.2 Å². The number of nitrogens with zero attached hydrogens (tertiary/aromatic N) is 3. The van der Waals surface area contributed by atoms with Crippen LogP contribution >= 0.6 is 43.5 Å². The van der Waals surface area contributed by atoms with Gasteiger partial charge in [0.05, 0.1) is 11.0 Å². The van der Waals surface area contributed by atoms with Crippen LogP contribution in [0.5, 0.6) is 0 Å². The van der Waals surface area contributed by atoms with Crippen molar-refractivity contribution >= 4 is 55.2 Å². The number of nitrogens with one attached hydrogen (secondary N) is 2. The maximum Gasteiger partial charge on any atom is 0.278 e. The Morgan fingerprint density at radius 2 is 2.09 bits per heavy atom. The number of carbonyl (C=O) groups is 1. The van der Waals surface area contributed by atoms with E-state index in [0.717, 1.165) is 5.56 Å². The number of aromatic nitrogens is 4. The molecule has 9 heteroatoms. The Morgan fingerprint density at radius 1 is 1.30 bits per heavy atom. The van der Waals surface area contributed by atoms with Crippen molar-refractivity contribution in [2.75, 3.05) is 5.32 Å². The molecule has 0 atom stereocenters. The van der Waals surface area contributed by atoms with Gasteiger partial charge in [0.1, 0.15) is 4.60 Å². The zero-order chi connectivity index (χ0) is 16.4. The number of rotatable bonds is 4. The summed E-state index contributed by atoms with van der Waals surface area (Å²) in [5.74, 6) is 0.0786. The highest BCUT2D eigenvalue weighted by atomic mass is 79.9. The SMILES string of the molecule is O=C(Nc1ccn(Cc2ccccc2Cl)n1)c1n[nH]c(Br)c1Br. The first-order chi connectivity index (χ1) is 11.0. The smallest absolute Gasteiger partial charge is 0.278 e. The molecule has 0 fully saturated rings. The van der Waals surface area contributed by atoms with Crippen LogP contribution in [-0.2, 0) is 6.54 Å². The second-order valence-electron chi connectivity index (χ2n) is 4.64. The van der Waals surface area contributed by atoms with Gasteiger partial charge >= 0.3 is 0 Å². The second kappa shape index (κ2) is 6.86. The molecule has 0 aliphatic rings. The average molecular weight is 460 g/mol. The molecule has 23 heavy (non-hydrogen) atoms. The number of carbonyl (C=O) groups excluding carboxylic acids is 1. The molecule has 0 saturated heterocycles. The molecule has 0 saturated carbocycles. The lowest BCUT2D eigenvalue weighted by atomic mass is 10.2. The molecule has 3 aromatic rings. The molecular weight excluding hydrogens is 449 g/mol. The molecule has 0 unspecified atom stereocenters. The van der Waals surface area contributed by atoms with E-state index in [-0.39, 0.29) is 11.6 Å². The van der Waals surface area contributed by atoms with Gasteiger partial charge in [-0.1, -0.05) is 29.8 Å². The normalized spacial score (nSPS) is 10.7. The molecule has 0 spiro atoms. The average Bonchev–Trinajstić information content (AvgIpc) is 3.09. The minimum atomic E-state index is -0.359. The Bertz CT molecular complexity index is 860. The van der Waals surface area contributed by atoms with Crippen LogP contribution in [0.4, 0.5) is 5.82 Å². The molecule has 0 aliphatic carbocycles. The van der Waals surface area contributed by atoms with Crippen molar-refractivity contribution in [3.63, 3.8) is 0 Å². The van der Waals surface area contributed by atoms with E-state index in [4.69, 9.17) is 11.6 Å². The number of H-pyrrole nitrogens is 1. The fourth-order valence-electron chi connectivity index (χ4n) is 1.95. The molecule has 2 aromatic heterocycles. The lowest BCUT2D eigenvalue weighted by Crippen LogP contribution is -2.14. The topological polar surface area (TPSA) is 75.6 Å². The number of hydrogen-bond donors (Lipinski definition) is 2. The number of aromatic amines is 1. The number of hydrogen-bond acceptors (Lipinski definition) is 3. The Hall–Kier alpha value is -1.64. The Kier molecular flexibility index (Phi) is 4.84. The van der Waals surface area contributed by atoms with Crippen LogP contribution < -0.4 is 5.32 Å². The number of anilines is 1. The van der Waals surface area contributed by atoms with E-state index in [1.54, 1.807) is 16.9 Å². The van der Waals surface area contributed by atoms with Crippen LogP contribution in [0.15, 0.2) is 45.6 Å². The summed E-state index contributed by atoms with van der Waals surface area (Å²) < 4.78 is 2.86. The third-order valence-electron chi connectivity index (χ3n) is 3.05. The summed E-state index contributed by atoms with van der Waals surface area (Å²) in [6, 6.07) is 9.27. The fraction of sp³-hybridized carbons (Fsp3) is 0.0714.